The van der Waals surface area contributed by atoms with E-state index in [2.05, 4.69) is 158 Å². The Balaban J connectivity index is 1.14. The van der Waals surface area contributed by atoms with Gasteiger partial charge in [-0.2, -0.15) is 0 Å². The van der Waals surface area contributed by atoms with Crippen molar-refractivity contribution in [2.75, 3.05) is 31.2 Å². The first-order valence-electron chi connectivity index (χ1n) is 22.7. The van der Waals surface area contributed by atoms with Gasteiger partial charge in [0.05, 0.1) is 18.6 Å². The molecule has 2 heterocycles. The molecule has 8 aromatic carbocycles. The molecule has 2 aliphatic heterocycles. The second-order valence-corrected chi connectivity index (χ2v) is 17.8. The van der Waals surface area contributed by atoms with Crippen LogP contribution in [0.1, 0.15) is 76.8 Å². The molecule has 5 heteroatoms. The predicted octanol–water partition coefficient (Wildman–Crippen LogP) is 13.8. The Morgan fingerprint density at radius 3 is 1.89 bits per heavy atom. The summed E-state index contributed by atoms with van der Waals surface area (Å²) in [4.78, 5) is 2.36. The molecule has 1 atom stereocenters. The van der Waals surface area contributed by atoms with Crippen LogP contribution >= 0.6 is 0 Å². The molecule has 64 heavy (non-hydrogen) atoms. The normalized spacial score (nSPS) is 18.5. The molecule has 3 nitrogen and oxygen atoms in total. The molecule has 12 rings (SSSR count). The third kappa shape index (κ3) is 5.34. The van der Waals surface area contributed by atoms with Crippen LogP contribution in [0.15, 0.2) is 170 Å². The van der Waals surface area contributed by atoms with Crippen molar-refractivity contribution in [2.24, 2.45) is 0 Å². The first kappa shape index (κ1) is 38.8. The van der Waals surface area contributed by atoms with E-state index in [4.69, 9.17) is 9.47 Å². The molecule has 0 spiro atoms. The Bertz CT molecular complexity index is 3130. The lowest BCUT2D eigenvalue weighted by Gasteiger charge is -2.40. The van der Waals surface area contributed by atoms with Crippen LogP contribution in [0.25, 0.3) is 39.1 Å². The Kier molecular flexibility index (Phi) is 8.87. The summed E-state index contributed by atoms with van der Waals surface area (Å²) in [6.45, 7) is 7.42. The van der Waals surface area contributed by atoms with Gasteiger partial charge in [0.15, 0.2) is 5.60 Å². The molecule has 8 aromatic rings. The lowest BCUT2D eigenvalue weighted by molar-refractivity contribution is 0.122. The minimum atomic E-state index is -1.13. The van der Waals surface area contributed by atoms with Crippen molar-refractivity contribution in [1.82, 2.24) is 0 Å². The summed E-state index contributed by atoms with van der Waals surface area (Å²) in [5, 5.41) is 1.59. The third-order valence-corrected chi connectivity index (χ3v) is 15.0. The van der Waals surface area contributed by atoms with Crippen molar-refractivity contribution >= 4 is 22.5 Å². The van der Waals surface area contributed by atoms with Gasteiger partial charge in [-0.25, -0.2) is 8.78 Å². The van der Waals surface area contributed by atoms with Crippen molar-refractivity contribution in [3.8, 4) is 28.0 Å². The molecule has 0 N–H and O–H groups in total. The van der Waals surface area contributed by atoms with Crippen LogP contribution < -0.4 is 9.64 Å². The number of ether oxygens (including phenoxy) is 2. The van der Waals surface area contributed by atoms with Gasteiger partial charge in [-0.05, 0) is 122 Å². The second-order valence-electron chi connectivity index (χ2n) is 17.8. The maximum absolute atomic E-state index is 15.8. The highest BCUT2D eigenvalue weighted by molar-refractivity contribution is 6.08. The maximum atomic E-state index is 15.8. The summed E-state index contributed by atoms with van der Waals surface area (Å²) in [5.74, 6) is 0.0385. The fourth-order valence-corrected chi connectivity index (χ4v) is 12.0. The zero-order valence-electron chi connectivity index (χ0n) is 36.0. The van der Waals surface area contributed by atoms with E-state index in [9.17, 15) is 0 Å². The highest BCUT2D eigenvalue weighted by Gasteiger charge is 2.50. The van der Waals surface area contributed by atoms with E-state index in [-0.39, 0.29) is 11.6 Å². The number of rotatable bonds is 7. The van der Waals surface area contributed by atoms with Gasteiger partial charge < -0.3 is 14.4 Å². The van der Waals surface area contributed by atoms with Crippen LogP contribution in [0.5, 0.6) is 5.75 Å². The molecule has 314 valence electrons. The minimum absolute atomic E-state index is 0.255. The molecular weight excluding hydrogens is 793 g/mol. The van der Waals surface area contributed by atoms with Crippen molar-refractivity contribution in [3.05, 3.63) is 232 Å². The number of hydrogen-bond acceptors (Lipinski definition) is 3. The van der Waals surface area contributed by atoms with Gasteiger partial charge in [-0.15, -0.1) is 0 Å². The monoisotopic (exact) mass is 839 g/mol. The second kappa shape index (κ2) is 14.6. The fourth-order valence-electron chi connectivity index (χ4n) is 12.0. The van der Waals surface area contributed by atoms with Gasteiger partial charge in [-0.3, -0.25) is 0 Å². The van der Waals surface area contributed by atoms with Gasteiger partial charge in [0, 0.05) is 46.3 Å². The predicted molar refractivity (Wildman–Crippen MR) is 254 cm³/mol. The van der Waals surface area contributed by atoms with E-state index in [0.29, 0.717) is 24.3 Å². The number of anilines is 1. The van der Waals surface area contributed by atoms with Crippen molar-refractivity contribution in [2.45, 2.75) is 43.1 Å². The van der Waals surface area contributed by atoms with E-state index >= 15 is 8.78 Å². The first-order chi connectivity index (χ1) is 31.4. The van der Waals surface area contributed by atoms with Gasteiger partial charge >= 0.3 is 0 Å². The Morgan fingerprint density at radius 2 is 1.17 bits per heavy atom. The van der Waals surface area contributed by atoms with Gasteiger partial charge in [0.25, 0.3) is 0 Å². The number of morpholine rings is 1. The van der Waals surface area contributed by atoms with Crippen LogP contribution in [-0.2, 0) is 21.2 Å². The van der Waals surface area contributed by atoms with E-state index < -0.39 is 16.4 Å². The lowest BCUT2D eigenvalue weighted by Crippen LogP contribution is -2.37. The summed E-state index contributed by atoms with van der Waals surface area (Å²) < 4.78 is 44.6. The summed E-state index contributed by atoms with van der Waals surface area (Å²) in [5.41, 5.74) is 13.0. The van der Waals surface area contributed by atoms with Crippen LogP contribution in [0.2, 0.25) is 0 Å². The SMILES string of the molecule is CCC1(CC)c2cc(F)ccc2-c2c1c1c(c3cc(F)ccc23)OC(c2ccc(N3CCOCC3)cc2)(c2ccc3c(c2)C(c2ccccc2)(c2ccccc2)c2ccccc2-3)C=C1. The summed E-state index contributed by atoms with van der Waals surface area (Å²) in [7, 11) is 0. The molecule has 0 amide bonds. The molecular formula is C59H47F2NO2. The highest BCUT2D eigenvalue weighted by atomic mass is 19.1. The van der Waals surface area contributed by atoms with E-state index in [1.54, 1.807) is 18.2 Å². The molecule has 0 radical (unpaired) electrons. The number of fused-ring (bicyclic) bond motifs is 11. The number of halogens is 2. The number of benzene rings is 8. The fraction of sp³-hybridized carbons (Fsp3) is 0.186. The Morgan fingerprint density at radius 1 is 0.547 bits per heavy atom. The Hall–Kier alpha value is -6.82. The van der Waals surface area contributed by atoms with E-state index in [0.717, 1.165) is 75.9 Å². The van der Waals surface area contributed by atoms with E-state index in [1.807, 2.05) is 12.1 Å². The topological polar surface area (TPSA) is 21.7 Å². The molecule has 4 aliphatic rings. The van der Waals surface area contributed by atoms with Crippen LogP contribution in [0, 0.1) is 11.6 Å². The van der Waals surface area contributed by atoms with Crippen molar-refractivity contribution in [1.29, 1.82) is 0 Å². The lowest BCUT2D eigenvalue weighted by atomic mass is 9.67. The van der Waals surface area contributed by atoms with E-state index in [1.165, 1.54) is 39.4 Å². The standard InChI is InChI=1S/C59H47F2NO2/c1-3-57(4-2)52-37-43(61)23-28-48(52)54-47-27-22-42(60)36-50(47)56-49(55(54)57)29-30-58(64-56,38-19-24-44(25-20-38)62-31-33-63-34-32-62)41-21-26-46-45-17-11-12-18-51(45)59(53(46)35-41,39-13-7-5-8-14-39)40-15-9-6-10-16-40/h5-30,35-37H,3-4,31-34H2,1-2H3. The highest BCUT2D eigenvalue weighted by Crippen LogP contribution is 2.62. The molecule has 1 saturated heterocycles. The van der Waals surface area contributed by atoms with Gasteiger partial charge in [-0.1, -0.05) is 141 Å². The zero-order valence-corrected chi connectivity index (χ0v) is 36.0. The van der Waals surface area contributed by atoms with Crippen molar-refractivity contribution < 1.29 is 18.3 Å². The van der Waals surface area contributed by atoms with Crippen LogP contribution in [0.3, 0.4) is 0 Å². The summed E-state index contributed by atoms with van der Waals surface area (Å²) >= 11 is 0. The Labute approximate surface area is 373 Å². The molecule has 2 aliphatic carbocycles. The quantitative estimate of drug-likeness (QED) is 0.160. The molecule has 0 saturated carbocycles. The zero-order chi connectivity index (χ0) is 43.2. The molecule has 0 bridgehead atoms. The first-order valence-corrected chi connectivity index (χ1v) is 22.7. The molecule has 0 aromatic heterocycles. The van der Waals surface area contributed by atoms with Crippen molar-refractivity contribution in [3.63, 3.8) is 0 Å². The average Bonchev–Trinajstić information content (AvgIpc) is 3.82. The number of nitrogens with zero attached hydrogens (tertiary/aromatic N) is 1. The maximum Gasteiger partial charge on any atom is 0.178 e. The van der Waals surface area contributed by atoms with Crippen LogP contribution in [0.4, 0.5) is 14.5 Å². The number of hydrogen-bond donors (Lipinski definition) is 0. The third-order valence-electron chi connectivity index (χ3n) is 15.0. The van der Waals surface area contributed by atoms with Gasteiger partial charge in [0.2, 0.25) is 0 Å². The van der Waals surface area contributed by atoms with Gasteiger partial charge in [0.1, 0.15) is 17.4 Å². The van der Waals surface area contributed by atoms with Crippen LogP contribution in [-0.4, -0.2) is 26.3 Å². The largest absolute Gasteiger partial charge is 0.472 e. The smallest absolute Gasteiger partial charge is 0.178 e. The summed E-state index contributed by atoms with van der Waals surface area (Å²) in [6, 6.07) is 56.4. The molecule has 1 fully saturated rings. The average molecular weight is 840 g/mol. The minimum Gasteiger partial charge on any atom is -0.472 e. The summed E-state index contributed by atoms with van der Waals surface area (Å²) in [6.07, 6.45) is 5.98. The molecule has 1 unspecified atom stereocenters.